The molecule has 0 N–H and O–H groups in total. The van der Waals surface area contributed by atoms with Crippen LogP contribution < -0.4 is 18.5 Å². The quantitative estimate of drug-likeness (QED) is 0.151. The predicted octanol–water partition coefficient (Wildman–Crippen LogP) is 6.44. The standard InChI is InChI=1S/C35H42Cl2F2N4O8S/c1-41(21-24-6-8-30(47-2)29(16-24)43(52(3,45)46)11-10-42-12-14-48-15-13-42)35(44)51-32(18-26-27(36)19-40-20-28(26)37)25-7-9-31(50-34(38)39)33(17-25)49-22-23-4-5-23/h6-9,16-17,19-20,23,32,34H,4-5,10-15,18,21-22H2,1-3H3/t32-/m0/s1. The Hall–Kier alpha value is -3.63. The number of methoxy groups -OCH3 is 1. The summed E-state index contributed by atoms with van der Waals surface area (Å²) in [4.78, 5) is 21.2. The molecule has 12 nitrogen and oxygen atoms in total. The summed E-state index contributed by atoms with van der Waals surface area (Å²) in [6, 6.07) is 9.41. The fourth-order valence-corrected chi connectivity index (χ4v) is 7.10. The van der Waals surface area contributed by atoms with Crippen molar-refractivity contribution in [1.82, 2.24) is 14.8 Å². The van der Waals surface area contributed by atoms with E-state index in [1.807, 2.05) is 0 Å². The van der Waals surface area contributed by atoms with Gasteiger partial charge >= 0.3 is 12.7 Å². The maximum absolute atomic E-state index is 13.7. The Morgan fingerprint density at radius 3 is 2.38 bits per heavy atom. The number of amides is 1. The van der Waals surface area contributed by atoms with Crippen molar-refractivity contribution in [3.63, 3.8) is 0 Å². The van der Waals surface area contributed by atoms with Gasteiger partial charge in [-0.15, -0.1) is 0 Å². The van der Waals surface area contributed by atoms with E-state index in [9.17, 15) is 22.0 Å². The number of halogens is 4. The number of hydrogen-bond donors (Lipinski definition) is 0. The van der Waals surface area contributed by atoms with Crippen molar-refractivity contribution in [2.75, 3.05) is 70.7 Å². The Kier molecular flexibility index (Phi) is 13.6. The average Bonchev–Trinajstić information content (AvgIpc) is 3.93. The highest BCUT2D eigenvalue weighted by atomic mass is 35.5. The van der Waals surface area contributed by atoms with Crippen molar-refractivity contribution < 1.29 is 45.7 Å². The molecule has 0 spiro atoms. The van der Waals surface area contributed by atoms with Crippen molar-refractivity contribution in [1.29, 1.82) is 0 Å². The SMILES string of the molecule is COc1ccc(CN(C)C(=O)O[C@@H](Cc2c(Cl)cncc2Cl)c2ccc(OC(F)F)c(OCC3CC3)c2)cc1N(CCN1CCOCC1)S(C)(=O)=O. The van der Waals surface area contributed by atoms with Gasteiger partial charge in [0.1, 0.15) is 11.9 Å². The molecule has 1 aliphatic heterocycles. The molecule has 3 aromatic rings. The van der Waals surface area contributed by atoms with Gasteiger partial charge in [0.15, 0.2) is 11.5 Å². The van der Waals surface area contributed by atoms with E-state index in [4.69, 9.17) is 46.9 Å². The van der Waals surface area contributed by atoms with Crippen molar-refractivity contribution in [2.24, 2.45) is 5.92 Å². The minimum absolute atomic E-state index is 0.0238. The van der Waals surface area contributed by atoms with Crippen LogP contribution in [0.3, 0.4) is 0 Å². The van der Waals surface area contributed by atoms with E-state index in [0.717, 1.165) is 19.1 Å². The maximum Gasteiger partial charge on any atom is 0.410 e. The number of ether oxygens (including phenoxy) is 5. The van der Waals surface area contributed by atoms with Gasteiger partial charge in [0, 0.05) is 58.6 Å². The van der Waals surface area contributed by atoms with Gasteiger partial charge in [-0.05, 0) is 59.7 Å². The number of sulfonamides is 1. The minimum atomic E-state index is -3.71. The second-order valence-electron chi connectivity index (χ2n) is 12.6. The molecule has 1 saturated carbocycles. The molecule has 2 aliphatic rings. The average molecular weight is 788 g/mol. The van der Waals surface area contributed by atoms with Crippen LogP contribution in [0, 0.1) is 5.92 Å². The van der Waals surface area contributed by atoms with Crippen LogP contribution in [0.4, 0.5) is 19.3 Å². The second-order valence-corrected chi connectivity index (χ2v) is 15.4. The lowest BCUT2D eigenvalue weighted by atomic mass is 10.0. The van der Waals surface area contributed by atoms with Crippen molar-refractivity contribution in [2.45, 2.75) is 38.5 Å². The van der Waals surface area contributed by atoms with Crippen LogP contribution in [0.1, 0.15) is 35.6 Å². The van der Waals surface area contributed by atoms with Gasteiger partial charge < -0.3 is 28.6 Å². The van der Waals surface area contributed by atoms with Gasteiger partial charge in [0.2, 0.25) is 10.0 Å². The Balaban J connectivity index is 1.38. The van der Waals surface area contributed by atoms with E-state index in [0.29, 0.717) is 73.5 Å². The molecule has 1 aromatic heterocycles. The number of nitrogens with zero attached hydrogens (tertiary/aromatic N) is 4. The molecule has 1 aliphatic carbocycles. The van der Waals surface area contributed by atoms with E-state index >= 15 is 0 Å². The number of alkyl halides is 2. The summed E-state index contributed by atoms with van der Waals surface area (Å²) in [6.45, 7) is 0.531. The number of anilines is 1. The monoisotopic (exact) mass is 786 g/mol. The summed E-state index contributed by atoms with van der Waals surface area (Å²) in [5, 5.41) is 0.499. The minimum Gasteiger partial charge on any atom is -0.495 e. The highest BCUT2D eigenvalue weighted by Crippen LogP contribution is 2.38. The first kappa shape index (κ1) is 39.6. The van der Waals surface area contributed by atoms with Crippen LogP contribution in [0.2, 0.25) is 10.0 Å². The smallest absolute Gasteiger partial charge is 0.410 e. The first-order valence-electron chi connectivity index (χ1n) is 16.7. The molecule has 2 heterocycles. The van der Waals surface area contributed by atoms with Gasteiger partial charge in [0.05, 0.1) is 48.9 Å². The molecule has 17 heteroatoms. The summed E-state index contributed by atoms with van der Waals surface area (Å²) in [5.41, 5.74) is 1.83. The third-order valence-corrected chi connectivity index (χ3v) is 10.5. The van der Waals surface area contributed by atoms with Crippen LogP contribution in [-0.2, 0) is 32.5 Å². The molecule has 0 bridgehead atoms. The first-order valence-corrected chi connectivity index (χ1v) is 19.3. The van der Waals surface area contributed by atoms with E-state index in [2.05, 4.69) is 9.88 Å². The lowest BCUT2D eigenvalue weighted by molar-refractivity contribution is -0.0515. The first-order chi connectivity index (χ1) is 24.8. The molecular formula is C35H42Cl2F2N4O8S. The topological polar surface area (TPSA) is 120 Å². The largest absolute Gasteiger partial charge is 0.495 e. The van der Waals surface area contributed by atoms with Gasteiger partial charge in [-0.1, -0.05) is 35.3 Å². The number of rotatable bonds is 17. The van der Waals surface area contributed by atoms with Gasteiger partial charge in [-0.25, -0.2) is 13.2 Å². The van der Waals surface area contributed by atoms with Gasteiger partial charge in [0.25, 0.3) is 0 Å². The molecule has 52 heavy (non-hydrogen) atoms. The van der Waals surface area contributed by atoms with Crippen molar-refractivity contribution >= 4 is 45.0 Å². The van der Waals surface area contributed by atoms with Crippen LogP contribution >= 0.6 is 23.2 Å². The van der Waals surface area contributed by atoms with E-state index < -0.39 is 28.8 Å². The van der Waals surface area contributed by atoms with E-state index in [1.54, 1.807) is 18.2 Å². The highest BCUT2D eigenvalue weighted by Gasteiger charge is 2.28. The number of pyridine rings is 1. The van der Waals surface area contributed by atoms with Crippen LogP contribution in [0.15, 0.2) is 48.8 Å². The lowest BCUT2D eigenvalue weighted by Gasteiger charge is -2.31. The number of benzene rings is 2. The zero-order valence-electron chi connectivity index (χ0n) is 29.1. The Morgan fingerprint density at radius 2 is 1.75 bits per heavy atom. The molecule has 2 aromatic carbocycles. The third-order valence-electron chi connectivity index (χ3n) is 8.68. The number of hydrogen-bond acceptors (Lipinski definition) is 10. The van der Waals surface area contributed by atoms with Crippen molar-refractivity contribution in [3.8, 4) is 17.2 Å². The Bertz CT molecular complexity index is 1780. The number of carbonyl (C=O) groups excluding carboxylic acids is 1. The van der Waals surface area contributed by atoms with Crippen LogP contribution in [-0.4, -0.2) is 102 Å². The van der Waals surface area contributed by atoms with Crippen LogP contribution in [0.25, 0.3) is 0 Å². The highest BCUT2D eigenvalue weighted by molar-refractivity contribution is 7.92. The van der Waals surface area contributed by atoms with Crippen LogP contribution in [0.5, 0.6) is 17.2 Å². The van der Waals surface area contributed by atoms with Gasteiger partial charge in [-0.2, -0.15) is 8.78 Å². The molecule has 1 atom stereocenters. The summed E-state index contributed by atoms with van der Waals surface area (Å²) < 4.78 is 81.4. The molecule has 284 valence electrons. The maximum atomic E-state index is 13.7. The van der Waals surface area contributed by atoms with Crippen molar-refractivity contribution in [3.05, 3.63) is 75.5 Å². The van der Waals surface area contributed by atoms with E-state index in [1.165, 1.54) is 54.0 Å². The Morgan fingerprint density at radius 1 is 1.06 bits per heavy atom. The fraction of sp³-hybridized carbons (Fsp3) is 0.486. The number of morpholine rings is 1. The molecule has 5 rings (SSSR count). The zero-order chi connectivity index (χ0) is 37.4. The number of carbonyl (C=O) groups is 1. The summed E-state index contributed by atoms with van der Waals surface area (Å²) in [6.07, 6.45) is 4.22. The number of aromatic nitrogens is 1. The fourth-order valence-electron chi connectivity index (χ4n) is 5.67. The molecule has 1 saturated heterocycles. The van der Waals surface area contributed by atoms with E-state index in [-0.39, 0.29) is 41.1 Å². The molecule has 2 fully saturated rings. The Labute approximate surface area is 312 Å². The second kappa shape index (κ2) is 17.9. The summed E-state index contributed by atoms with van der Waals surface area (Å²) >= 11 is 12.9. The summed E-state index contributed by atoms with van der Waals surface area (Å²) in [5.74, 6) is 0.616. The summed E-state index contributed by atoms with van der Waals surface area (Å²) in [7, 11) is -0.719. The molecule has 0 unspecified atom stereocenters. The normalized spacial score (nSPS) is 15.6. The third kappa shape index (κ3) is 10.9. The molecule has 1 amide bonds. The predicted molar refractivity (Wildman–Crippen MR) is 192 cm³/mol. The molecule has 0 radical (unpaired) electrons. The zero-order valence-corrected chi connectivity index (χ0v) is 31.4. The van der Waals surface area contributed by atoms with Gasteiger partial charge in [-0.3, -0.25) is 14.2 Å². The lowest BCUT2D eigenvalue weighted by Crippen LogP contribution is -2.43. The molecular weight excluding hydrogens is 745 g/mol.